The largest absolute Gasteiger partial charge is 0.345 e. The molecule has 0 bridgehead atoms. The standard InChI is InChI=1S/C13H18N2OS/c1-13(5-6-14-8-13)15-12(16)11-7-9-3-2-4-10(9)17-11/h7,14H,2-6,8H2,1H3,(H,15,16). The van der Waals surface area contributed by atoms with Gasteiger partial charge in [0.15, 0.2) is 0 Å². The fourth-order valence-corrected chi connectivity index (χ4v) is 3.85. The van der Waals surface area contributed by atoms with E-state index < -0.39 is 0 Å². The van der Waals surface area contributed by atoms with Crippen LogP contribution >= 0.6 is 11.3 Å². The molecule has 0 radical (unpaired) electrons. The second-order valence-corrected chi connectivity index (χ2v) is 6.49. The van der Waals surface area contributed by atoms with Crippen LogP contribution in [-0.4, -0.2) is 24.5 Å². The van der Waals surface area contributed by atoms with Crippen molar-refractivity contribution in [2.24, 2.45) is 0 Å². The van der Waals surface area contributed by atoms with E-state index in [2.05, 4.69) is 23.6 Å². The number of rotatable bonds is 2. The highest BCUT2D eigenvalue weighted by molar-refractivity contribution is 7.14. The Morgan fingerprint density at radius 1 is 1.53 bits per heavy atom. The summed E-state index contributed by atoms with van der Waals surface area (Å²) in [4.78, 5) is 14.5. The highest BCUT2D eigenvalue weighted by atomic mass is 32.1. The van der Waals surface area contributed by atoms with Crippen LogP contribution in [0.4, 0.5) is 0 Å². The van der Waals surface area contributed by atoms with E-state index in [4.69, 9.17) is 0 Å². The van der Waals surface area contributed by atoms with Crippen molar-refractivity contribution in [3.8, 4) is 0 Å². The van der Waals surface area contributed by atoms with Crippen LogP contribution in [0.25, 0.3) is 0 Å². The van der Waals surface area contributed by atoms with Crippen molar-refractivity contribution in [3.05, 3.63) is 21.4 Å². The monoisotopic (exact) mass is 250 g/mol. The lowest BCUT2D eigenvalue weighted by atomic mass is 10.0. The van der Waals surface area contributed by atoms with Crippen LogP contribution in [0.15, 0.2) is 6.07 Å². The average Bonchev–Trinajstić information content (AvgIpc) is 2.91. The first-order valence-electron chi connectivity index (χ1n) is 6.31. The first-order valence-corrected chi connectivity index (χ1v) is 7.13. The van der Waals surface area contributed by atoms with E-state index in [1.807, 2.05) is 0 Å². The summed E-state index contributed by atoms with van der Waals surface area (Å²) in [5.41, 5.74) is 1.33. The van der Waals surface area contributed by atoms with Gasteiger partial charge in [0.1, 0.15) is 0 Å². The predicted molar refractivity (Wildman–Crippen MR) is 69.7 cm³/mol. The van der Waals surface area contributed by atoms with Gasteiger partial charge in [-0.25, -0.2) is 0 Å². The Balaban J connectivity index is 1.73. The zero-order chi connectivity index (χ0) is 11.9. The van der Waals surface area contributed by atoms with Gasteiger partial charge in [0.25, 0.3) is 5.91 Å². The third kappa shape index (κ3) is 2.11. The molecule has 0 aromatic carbocycles. The number of amides is 1. The minimum Gasteiger partial charge on any atom is -0.345 e. The topological polar surface area (TPSA) is 41.1 Å². The maximum absolute atomic E-state index is 12.2. The Labute approximate surface area is 106 Å². The zero-order valence-corrected chi connectivity index (χ0v) is 11.0. The van der Waals surface area contributed by atoms with Crippen molar-refractivity contribution >= 4 is 17.2 Å². The maximum atomic E-state index is 12.2. The van der Waals surface area contributed by atoms with E-state index in [1.54, 1.807) is 11.3 Å². The summed E-state index contributed by atoms with van der Waals surface area (Å²) in [5.74, 6) is 0.107. The summed E-state index contributed by atoms with van der Waals surface area (Å²) in [6, 6.07) is 2.09. The molecule has 1 amide bonds. The van der Waals surface area contributed by atoms with E-state index in [1.165, 1.54) is 16.9 Å². The van der Waals surface area contributed by atoms with Gasteiger partial charge in [-0.2, -0.15) is 0 Å². The maximum Gasteiger partial charge on any atom is 0.261 e. The van der Waals surface area contributed by atoms with E-state index in [-0.39, 0.29) is 11.4 Å². The van der Waals surface area contributed by atoms with Crippen LogP contribution in [0.1, 0.15) is 39.9 Å². The molecule has 2 N–H and O–H groups in total. The highest BCUT2D eigenvalue weighted by Gasteiger charge is 2.31. The van der Waals surface area contributed by atoms with Crippen LogP contribution in [0.3, 0.4) is 0 Å². The summed E-state index contributed by atoms with van der Waals surface area (Å²) in [6.07, 6.45) is 4.58. The van der Waals surface area contributed by atoms with Crippen molar-refractivity contribution in [1.29, 1.82) is 0 Å². The normalized spacial score (nSPS) is 27.1. The molecule has 0 saturated carbocycles. The average molecular weight is 250 g/mol. The SMILES string of the molecule is CC1(NC(=O)c2cc3c(s2)CCC3)CCNC1. The first kappa shape index (κ1) is 11.2. The second-order valence-electron chi connectivity index (χ2n) is 5.35. The number of aryl methyl sites for hydroxylation is 2. The number of thiophene rings is 1. The Morgan fingerprint density at radius 2 is 2.41 bits per heavy atom. The van der Waals surface area contributed by atoms with Gasteiger partial charge in [0.05, 0.1) is 10.4 Å². The summed E-state index contributed by atoms with van der Waals surface area (Å²) in [7, 11) is 0. The molecule has 2 aliphatic rings. The third-order valence-electron chi connectivity index (χ3n) is 3.75. The van der Waals surface area contributed by atoms with Gasteiger partial charge in [-0.05, 0) is 50.8 Å². The van der Waals surface area contributed by atoms with Gasteiger partial charge in [-0.15, -0.1) is 11.3 Å². The lowest BCUT2D eigenvalue weighted by Gasteiger charge is -2.23. The second kappa shape index (κ2) is 4.10. The minimum atomic E-state index is -0.0640. The van der Waals surface area contributed by atoms with Gasteiger partial charge >= 0.3 is 0 Å². The molecule has 1 unspecified atom stereocenters. The number of carbonyl (C=O) groups excluding carboxylic acids is 1. The molecule has 1 saturated heterocycles. The predicted octanol–water partition coefficient (Wildman–Crippen LogP) is 1.72. The molecule has 3 nitrogen and oxygen atoms in total. The fourth-order valence-electron chi connectivity index (χ4n) is 2.70. The van der Waals surface area contributed by atoms with Crippen LogP contribution in [0, 0.1) is 0 Å². The van der Waals surface area contributed by atoms with Crippen molar-refractivity contribution in [1.82, 2.24) is 10.6 Å². The molecule has 0 spiro atoms. The zero-order valence-electron chi connectivity index (χ0n) is 10.1. The van der Waals surface area contributed by atoms with Gasteiger partial charge in [0, 0.05) is 11.4 Å². The van der Waals surface area contributed by atoms with Crippen molar-refractivity contribution in [3.63, 3.8) is 0 Å². The fraction of sp³-hybridized carbons (Fsp3) is 0.615. The van der Waals surface area contributed by atoms with Crippen LogP contribution in [0.2, 0.25) is 0 Å². The van der Waals surface area contributed by atoms with Crippen LogP contribution in [-0.2, 0) is 12.8 Å². The summed E-state index contributed by atoms with van der Waals surface area (Å²) in [6.45, 7) is 3.99. The Bertz CT molecular complexity index is 425. The molecule has 17 heavy (non-hydrogen) atoms. The summed E-state index contributed by atoms with van der Waals surface area (Å²) >= 11 is 1.68. The lowest BCUT2D eigenvalue weighted by Crippen LogP contribution is -2.47. The number of hydrogen-bond acceptors (Lipinski definition) is 3. The van der Waals surface area contributed by atoms with Crippen molar-refractivity contribution in [2.75, 3.05) is 13.1 Å². The van der Waals surface area contributed by atoms with E-state index in [0.717, 1.165) is 37.2 Å². The quantitative estimate of drug-likeness (QED) is 0.839. The summed E-state index contributed by atoms with van der Waals surface area (Å²) < 4.78 is 0. The van der Waals surface area contributed by atoms with Crippen molar-refractivity contribution in [2.45, 2.75) is 38.1 Å². The van der Waals surface area contributed by atoms with E-state index >= 15 is 0 Å². The molecule has 92 valence electrons. The number of carbonyl (C=O) groups is 1. The van der Waals surface area contributed by atoms with Gasteiger partial charge in [0.2, 0.25) is 0 Å². The first-order chi connectivity index (χ1) is 8.16. The Hall–Kier alpha value is -0.870. The third-order valence-corrected chi connectivity index (χ3v) is 4.99. The molecule has 1 aliphatic heterocycles. The molecular formula is C13H18N2OS. The molecule has 1 aromatic heterocycles. The van der Waals surface area contributed by atoms with Crippen LogP contribution < -0.4 is 10.6 Å². The molecule has 1 aromatic rings. The molecule has 1 fully saturated rings. The molecule has 3 rings (SSSR count). The minimum absolute atomic E-state index is 0.0640. The molecule has 1 atom stereocenters. The molecule has 4 heteroatoms. The number of fused-ring (bicyclic) bond motifs is 1. The van der Waals surface area contributed by atoms with Gasteiger partial charge in [-0.3, -0.25) is 4.79 Å². The molecule has 1 aliphatic carbocycles. The van der Waals surface area contributed by atoms with Crippen molar-refractivity contribution < 1.29 is 4.79 Å². The van der Waals surface area contributed by atoms with Gasteiger partial charge < -0.3 is 10.6 Å². The van der Waals surface area contributed by atoms with Gasteiger partial charge in [-0.1, -0.05) is 0 Å². The lowest BCUT2D eigenvalue weighted by molar-refractivity contribution is 0.0917. The Morgan fingerprint density at radius 3 is 3.12 bits per heavy atom. The smallest absolute Gasteiger partial charge is 0.261 e. The number of hydrogen-bond donors (Lipinski definition) is 2. The molecule has 2 heterocycles. The highest BCUT2D eigenvalue weighted by Crippen LogP contribution is 2.30. The van der Waals surface area contributed by atoms with Crippen LogP contribution in [0.5, 0.6) is 0 Å². The summed E-state index contributed by atoms with van der Waals surface area (Å²) in [5, 5.41) is 6.47. The Kier molecular flexibility index (Phi) is 2.71. The van der Waals surface area contributed by atoms with E-state index in [0.29, 0.717) is 0 Å². The molecular weight excluding hydrogens is 232 g/mol. The van der Waals surface area contributed by atoms with E-state index in [9.17, 15) is 4.79 Å². The number of nitrogens with one attached hydrogen (secondary N) is 2.